The number of piperidine rings is 1. The molecule has 4 aromatic rings. The van der Waals surface area contributed by atoms with Crippen molar-refractivity contribution in [3.05, 3.63) is 125 Å². The van der Waals surface area contributed by atoms with Gasteiger partial charge in [-0.3, -0.25) is 29.4 Å². The van der Waals surface area contributed by atoms with Crippen LogP contribution in [-0.4, -0.2) is 98.8 Å². The van der Waals surface area contributed by atoms with Gasteiger partial charge in [0.2, 0.25) is 18.1 Å². The molecule has 0 spiro atoms. The van der Waals surface area contributed by atoms with Gasteiger partial charge in [0, 0.05) is 25.3 Å². The lowest BCUT2D eigenvalue weighted by Crippen LogP contribution is -2.54. The van der Waals surface area contributed by atoms with Crippen molar-refractivity contribution in [2.24, 2.45) is 0 Å². The number of hydrogen-bond donors (Lipinski definition) is 3. The van der Waals surface area contributed by atoms with Crippen molar-refractivity contribution in [1.82, 2.24) is 10.2 Å². The predicted octanol–water partition coefficient (Wildman–Crippen LogP) is 6.07. The number of amides is 4. The number of carbonyl (C=O) groups excluding carboxylic acids is 4. The quantitative estimate of drug-likeness (QED) is 0.0389. The summed E-state index contributed by atoms with van der Waals surface area (Å²) in [5.41, 5.74) is 6.01. The Morgan fingerprint density at radius 1 is 0.776 bits per heavy atom. The Morgan fingerprint density at radius 3 is 2.16 bits per heavy atom. The molecule has 0 aliphatic carbocycles. The van der Waals surface area contributed by atoms with E-state index in [4.69, 9.17) is 23.7 Å². The Bertz CT molecular complexity index is 2070. The molecule has 2 heterocycles. The van der Waals surface area contributed by atoms with E-state index in [0.717, 1.165) is 39.2 Å². The first-order chi connectivity index (χ1) is 28.3. The number of fused-ring (bicyclic) bond motifs is 1. The van der Waals surface area contributed by atoms with Gasteiger partial charge in [-0.2, -0.15) is 0 Å². The van der Waals surface area contributed by atoms with Crippen LogP contribution in [-0.2, 0) is 28.5 Å². The lowest BCUT2D eigenvalue weighted by molar-refractivity contribution is -0.136. The molecule has 58 heavy (non-hydrogen) atoms. The summed E-state index contributed by atoms with van der Waals surface area (Å²) in [5, 5.41) is 15.4. The molecule has 304 valence electrons. The first-order valence-corrected chi connectivity index (χ1v) is 19.6. The summed E-state index contributed by atoms with van der Waals surface area (Å²) in [6.07, 6.45) is 0.0771. The number of hydrogen-bond acceptors (Lipinski definition) is 11. The maximum atomic E-state index is 13.5. The number of carbonyl (C=O) groups is 4. The summed E-state index contributed by atoms with van der Waals surface area (Å²) in [6.45, 7) is 6.79. The molecule has 1 fully saturated rings. The van der Waals surface area contributed by atoms with Crippen LogP contribution in [0.15, 0.2) is 97.1 Å². The van der Waals surface area contributed by atoms with E-state index in [0.29, 0.717) is 44.5 Å². The fourth-order valence-electron chi connectivity index (χ4n) is 6.98. The van der Waals surface area contributed by atoms with Crippen LogP contribution in [0.25, 0.3) is 11.1 Å². The highest BCUT2D eigenvalue weighted by molar-refractivity contribution is 6.25. The zero-order valence-electron chi connectivity index (χ0n) is 32.7. The molecule has 4 amide bonds. The number of allylic oxidation sites excluding steroid dienone is 1. The second-order valence-electron chi connectivity index (χ2n) is 13.5. The molecular formula is C45H49N3O10. The molecule has 0 radical (unpaired) electrons. The molecule has 1 saturated heterocycles. The van der Waals surface area contributed by atoms with Gasteiger partial charge in [-0.15, -0.1) is 0 Å². The van der Waals surface area contributed by atoms with Gasteiger partial charge in [-0.05, 0) is 84.0 Å². The second-order valence-corrected chi connectivity index (χ2v) is 13.5. The summed E-state index contributed by atoms with van der Waals surface area (Å²) in [5.74, 6) is -1.53. The van der Waals surface area contributed by atoms with Gasteiger partial charge in [-0.25, -0.2) is 0 Å². The van der Waals surface area contributed by atoms with Crippen LogP contribution in [0.4, 0.5) is 5.69 Å². The minimum absolute atomic E-state index is 0.0379. The molecule has 4 aromatic carbocycles. The number of imide groups is 2. The topological polar surface area (TPSA) is 162 Å². The predicted molar refractivity (Wildman–Crippen MR) is 217 cm³/mol. The standard InChI is InChI=1S/C45H49N3O10/c1-3-35(30-9-6-5-7-10-30)41(31-13-17-33(49)18-14-31)32-15-19-34(20-16-32)58-40(29-56-28-27-55-26-25-54-4-2)57-24-23-46-37-12-8-11-36-42(37)45(53)48(44(36)52)38-21-22-39(50)47-43(38)51/h5-20,38,40,46,49H,3-4,21-29H2,1-2H3,(H,47,50,51)/b41-35-. The van der Waals surface area contributed by atoms with Crippen molar-refractivity contribution in [3.63, 3.8) is 0 Å². The minimum atomic E-state index is -1.06. The number of phenols is 1. The van der Waals surface area contributed by atoms with Gasteiger partial charge in [0.15, 0.2) is 0 Å². The highest BCUT2D eigenvalue weighted by Crippen LogP contribution is 2.36. The van der Waals surface area contributed by atoms with Gasteiger partial charge in [0.1, 0.15) is 24.1 Å². The van der Waals surface area contributed by atoms with E-state index in [1.165, 1.54) is 0 Å². The Kier molecular flexibility index (Phi) is 14.8. The SMILES string of the molecule is CCOCCOCCOCC(OCCNc1cccc2c1C(=O)N(C1CCC(=O)NC1=O)C2=O)Oc1ccc(/C(=C(/CC)c2ccccc2)c2ccc(O)cc2)cc1. The molecule has 0 aromatic heterocycles. The average molecular weight is 792 g/mol. The van der Waals surface area contributed by atoms with Crippen molar-refractivity contribution >= 4 is 40.5 Å². The van der Waals surface area contributed by atoms with E-state index in [1.807, 2.05) is 61.5 Å². The maximum absolute atomic E-state index is 13.5. The zero-order chi connectivity index (χ0) is 40.9. The molecule has 13 heteroatoms. The normalized spacial score (nSPS) is 16.2. The number of anilines is 1. The molecule has 13 nitrogen and oxygen atoms in total. The van der Waals surface area contributed by atoms with Crippen molar-refractivity contribution in [3.8, 4) is 11.5 Å². The smallest absolute Gasteiger partial charge is 0.264 e. The summed E-state index contributed by atoms with van der Waals surface area (Å²) in [6, 6.07) is 29.0. The van der Waals surface area contributed by atoms with Crippen LogP contribution in [0.5, 0.6) is 11.5 Å². The van der Waals surface area contributed by atoms with E-state index >= 15 is 0 Å². The number of rotatable bonds is 21. The van der Waals surface area contributed by atoms with Crippen LogP contribution in [0.3, 0.4) is 0 Å². The number of aromatic hydroxyl groups is 1. The number of nitrogens with zero attached hydrogens (tertiary/aromatic N) is 1. The Balaban J connectivity index is 1.13. The Morgan fingerprint density at radius 2 is 1.47 bits per heavy atom. The first-order valence-electron chi connectivity index (χ1n) is 19.6. The van der Waals surface area contributed by atoms with Crippen LogP contribution < -0.4 is 15.4 Å². The van der Waals surface area contributed by atoms with Crippen LogP contribution in [0.2, 0.25) is 0 Å². The zero-order valence-corrected chi connectivity index (χ0v) is 32.7. The summed E-state index contributed by atoms with van der Waals surface area (Å²) >= 11 is 0. The molecule has 0 saturated carbocycles. The second kappa shape index (κ2) is 20.5. The largest absolute Gasteiger partial charge is 0.508 e. The fraction of sp³-hybridized carbons (Fsp3) is 0.333. The molecule has 2 atom stereocenters. The van der Waals surface area contributed by atoms with Crippen molar-refractivity contribution in [2.45, 2.75) is 45.4 Å². The molecule has 6 rings (SSSR count). The van der Waals surface area contributed by atoms with E-state index in [1.54, 1.807) is 30.3 Å². The maximum Gasteiger partial charge on any atom is 0.264 e. The van der Waals surface area contributed by atoms with Gasteiger partial charge in [0.05, 0.1) is 44.2 Å². The summed E-state index contributed by atoms with van der Waals surface area (Å²) < 4.78 is 29.2. The summed E-state index contributed by atoms with van der Waals surface area (Å²) in [4.78, 5) is 52.0. The lowest BCUT2D eigenvalue weighted by atomic mass is 9.88. The number of benzene rings is 4. The highest BCUT2D eigenvalue weighted by atomic mass is 16.7. The van der Waals surface area contributed by atoms with Crippen LogP contribution in [0.1, 0.15) is 70.5 Å². The van der Waals surface area contributed by atoms with E-state index in [2.05, 4.69) is 29.7 Å². The van der Waals surface area contributed by atoms with Gasteiger partial charge in [-0.1, -0.05) is 67.6 Å². The third-order valence-electron chi connectivity index (χ3n) is 9.74. The van der Waals surface area contributed by atoms with E-state index < -0.39 is 36.0 Å². The molecule has 2 unspecified atom stereocenters. The monoisotopic (exact) mass is 791 g/mol. The summed E-state index contributed by atoms with van der Waals surface area (Å²) in [7, 11) is 0. The third-order valence-corrected chi connectivity index (χ3v) is 9.74. The highest BCUT2D eigenvalue weighted by Gasteiger charge is 2.45. The number of phenolic OH excluding ortho intramolecular Hbond substituents is 1. The Labute approximate surface area is 337 Å². The van der Waals surface area contributed by atoms with Gasteiger partial charge in [0.25, 0.3) is 11.8 Å². The molecule has 0 bridgehead atoms. The van der Waals surface area contributed by atoms with Crippen molar-refractivity contribution < 1.29 is 48.0 Å². The first kappa shape index (κ1) is 41.8. The number of ether oxygens (including phenoxy) is 5. The van der Waals surface area contributed by atoms with Gasteiger partial charge < -0.3 is 34.1 Å². The molecule has 3 N–H and O–H groups in total. The number of nitrogens with one attached hydrogen (secondary N) is 2. The fourth-order valence-corrected chi connectivity index (χ4v) is 6.98. The van der Waals surface area contributed by atoms with E-state index in [-0.39, 0.29) is 49.5 Å². The van der Waals surface area contributed by atoms with Crippen molar-refractivity contribution in [2.75, 3.05) is 58.1 Å². The third kappa shape index (κ3) is 10.4. The molecule has 2 aliphatic heterocycles. The van der Waals surface area contributed by atoms with E-state index in [9.17, 15) is 24.3 Å². The lowest BCUT2D eigenvalue weighted by Gasteiger charge is -2.27. The van der Waals surface area contributed by atoms with Crippen LogP contribution in [0, 0.1) is 0 Å². The minimum Gasteiger partial charge on any atom is -0.508 e. The van der Waals surface area contributed by atoms with Crippen LogP contribution >= 0.6 is 0 Å². The average Bonchev–Trinajstić information content (AvgIpc) is 3.49. The van der Waals surface area contributed by atoms with Gasteiger partial charge >= 0.3 is 0 Å². The molecule has 2 aliphatic rings. The molecular weight excluding hydrogens is 743 g/mol. The van der Waals surface area contributed by atoms with Crippen molar-refractivity contribution in [1.29, 1.82) is 0 Å². The Hall–Kier alpha value is -5.86.